The van der Waals surface area contributed by atoms with E-state index in [4.69, 9.17) is 4.74 Å². The standard InChI is InChI=1S/C13H20N2O4S/c1-2-15-20(17,18)12-6-4-3-5-11(12)14-9-13(16)7-8-19-10-13/h3-6,14-16H,2,7-10H2,1H3. The zero-order chi connectivity index (χ0) is 14.6. The second-order valence-electron chi connectivity index (χ2n) is 4.88. The first-order chi connectivity index (χ1) is 9.47. The molecule has 1 aliphatic rings. The molecule has 2 rings (SSSR count). The Morgan fingerprint density at radius 3 is 2.80 bits per heavy atom. The number of rotatable bonds is 6. The minimum absolute atomic E-state index is 0.185. The molecule has 0 amide bonds. The number of benzene rings is 1. The average Bonchev–Trinajstić information content (AvgIpc) is 2.84. The Labute approximate surface area is 119 Å². The van der Waals surface area contributed by atoms with Crippen molar-refractivity contribution >= 4 is 15.7 Å². The summed E-state index contributed by atoms with van der Waals surface area (Å²) in [6.45, 7) is 3.10. The molecule has 1 heterocycles. The molecule has 6 nitrogen and oxygen atoms in total. The Balaban J connectivity index is 2.16. The van der Waals surface area contributed by atoms with Crippen LogP contribution in [0.1, 0.15) is 13.3 Å². The van der Waals surface area contributed by atoms with Crippen LogP contribution in [0.3, 0.4) is 0 Å². The van der Waals surface area contributed by atoms with Crippen LogP contribution in [-0.4, -0.2) is 45.4 Å². The van der Waals surface area contributed by atoms with E-state index < -0.39 is 15.6 Å². The van der Waals surface area contributed by atoms with Crippen molar-refractivity contribution in [3.8, 4) is 0 Å². The lowest BCUT2D eigenvalue weighted by atomic mass is 10.0. The van der Waals surface area contributed by atoms with Gasteiger partial charge < -0.3 is 15.2 Å². The van der Waals surface area contributed by atoms with Gasteiger partial charge in [-0.3, -0.25) is 0 Å². The van der Waals surface area contributed by atoms with E-state index in [-0.39, 0.29) is 18.0 Å². The molecule has 0 aromatic heterocycles. The monoisotopic (exact) mass is 300 g/mol. The van der Waals surface area contributed by atoms with Crippen molar-refractivity contribution in [2.75, 3.05) is 31.6 Å². The van der Waals surface area contributed by atoms with Crippen molar-refractivity contribution in [2.24, 2.45) is 0 Å². The smallest absolute Gasteiger partial charge is 0.242 e. The van der Waals surface area contributed by atoms with Crippen molar-refractivity contribution in [3.05, 3.63) is 24.3 Å². The Hall–Kier alpha value is -1.15. The number of anilines is 1. The van der Waals surface area contributed by atoms with Crippen LogP contribution in [0.5, 0.6) is 0 Å². The van der Waals surface area contributed by atoms with Crippen LogP contribution < -0.4 is 10.0 Å². The van der Waals surface area contributed by atoms with Crippen LogP contribution in [0, 0.1) is 0 Å². The number of nitrogens with one attached hydrogen (secondary N) is 2. The molecule has 1 aliphatic heterocycles. The molecule has 3 N–H and O–H groups in total. The van der Waals surface area contributed by atoms with Crippen LogP contribution in [0.25, 0.3) is 0 Å². The molecular weight excluding hydrogens is 280 g/mol. The van der Waals surface area contributed by atoms with E-state index in [9.17, 15) is 13.5 Å². The Morgan fingerprint density at radius 2 is 2.15 bits per heavy atom. The molecule has 0 aliphatic carbocycles. The van der Waals surface area contributed by atoms with Crippen molar-refractivity contribution in [1.29, 1.82) is 0 Å². The molecule has 1 aromatic rings. The number of hydrogen-bond donors (Lipinski definition) is 3. The maximum Gasteiger partial charge on any atom is 0.242 e. The Morgan fingerprint density at radius 1 is 1.40 bits per heavy atom. The first kappa shape index (κ1) is 15.2. The lowest BCUT2D eigenvalue weighted by Crippen LogP contribution is -2.37. The maximum absolute atomic E-state index is 12.1. The summed E-state index contributed by atoms with van der Waals surface area (Å²) in [7, 11) is -3.53. The lowest BCUT2D eigenvalue weighted by molar-refractivity contribution is 0.0381. The third-order valence-corrected chi connectivity index (χ3v) is 4.81. The van der Waals surface area contributed by atoms with Crippen LogP contribution in [-0.2, 0) is 14.8 Å². The summed E-state index contributed by atoms with van der Waals surface area (Å²) in [4.78, 5) is 0.185. The summed E-state index contributed by atoms with van der Waals surface area (Å²) in [6, 6.07) is 6.64. The molecule has 0 saturated carbocycles. The van der Waals surface area contributed by atoms with Gasteiger partial charge in [-0.1, -0.05) is 19.1 Å². The molecule has 0 bridgehead atoms. The number of hydrogen-bond acceptors (Lipinski definition) is 5. The molecule has 1 fully saturated rings. The number of sulfonamides is 1. The van der Waals surface area contributed by atoms with Crippen LogP contribution in [0.15, 0.2) is 29.2 Å². The summed E-state index contributed by atoms with van der Waals surface area (Å²) in [5.74, 6) is 0. The van der Waals surface area contributed by atoms with E-state index in [1.807, 2.05) is 0 Å². The van der Waals surface area contributed by atoms with Gasteiger partial charge in [-0.15, -0.1) is 0 Å². The van der Waals surface area contributed by atoms with E-state index in [2.05, 4.69) is 10.0 Å². The summed E-state index contributed by atoms with van der Waals surface area (Å²) in [5.41, 5.74) is -0.455. The lowest BCUT2D eigenvalue weighted by Gasteiger charge is -2.22. The molecule has 1 atom stereocenters. The number of para-hydroxylation sites is 1. The summed E-state index contributed by atoms with van der Waals surface area (Å²) in [5, 5.41) is 13.2. The van der Waals surface area contributed by atoms with E-state index in [0.717, 1.165) is 0 Å². The van der Waals surface area contributed by atoms with Gasteiger partial charge in [0.1, 0.15) is 10.5 Å². The highest BCUT2D eigenvalue weighted by Gasteiger charge is 2.32. The summed E-state index contributed by atoms with van der Waals surface area (Å²) < 4.78 is 31.8. The molecule has 0 spiro atoms. The highest BCUT2D eigenvalue weighted by molar-refractivity contribution is 7.89. The molecule has 1 aromatic carbocycles. The molecule has 7 heteroatoms. The highest BCUT2D eigenvalue weighted by atomic mass is 32.2. The van der Waals surface area contributed by atoms with Crippen molar-refractivity contribution in [1.82, 2.24) is 4.72 Å². The van der Waals surface area contributed by atoms with Gasteiger partial charge in [0.25, 0.3) is 0 Å². The van der Waals surface area contributed by atoms with Gasteiger partial charge in [0.05, 0.1) is 12.3 Å². The van der Waals surface area contributed by atoms with Crippen LogP contribution in [0.4, 0.5) is 5.69 Å². The third-order valence-electron chi connectivity index (χ3n) is 3.20. The van der Waals surface area contributed by atoms with E-state index in [1.165, 1.54) is 6.07 Å². The molecule has 1 unspecified atom stereocenters. The predicted molar refractivity (Wildman–Crippen MR) is 76.2 cm³/mol. The largest absolute Gasteiger partial charge is 0.386 e. The van der Waals surface area contributed by atoms with E-state index >= 15 is 0 Å². The number of ether oxygens (including phenoxy) is 1. The molecule has 1 saturated heterocycles. The Kier molecular flexibility index (Phi) is 4.64. The third kappa shape index (κ3) is 3.49. The van der Waals surface area contributed by atoms with Crippen LogP contribution >= 0.6 is 0 Å². The Bertz CT molecular complexity index is 553. The van der Waals surface area contributed by atoms with Crippen molar-refractivity contribution < 1.29 is 18.3 Å². The van der Waals surface area contributed by atoms with Gasteiger partial charge in [0.15, 0.2) is 0 Å². The summed E-state index contributed by atoms with van der Waals surface area (Å²) >= 11 is 0. The van der Waals surface area contributed by atoms with E-state index in [0.29, 0.717) is 25.3 Å². The van der Waals surface area contributed by atoms with Gasteiger partial charge in [-0.25, -0.2) is 13.1 Å². The fourth-order valence-electron chi connectivity index (χ4n) is 2.11. The van der Waals surface area contributed by atoms with Gasteiger partial charge in [0, 0.05) is 26.1 Å². The highest BCUT2D eigenvalue weighted by Crippen LogP contribution is 2.23. The second kappa shape index (κ2) is 6.09. The first-order valence-electron chi connectivity index (χ1n) is 6.59. The SMILES string of the molecule is CCNS(=O)(=O)c1ccccc1NCC1(O)CCOC1. The fourth-order valence-corrected chi connectivity index (χ4v) is 3.33. The molecule has 0 radical (unpaired) electrons. The predicted octanol–water partition coefficient (Wildman–Crippen LogP) is 0.548. The van der Waals surface area contributed by atoms with Gasteiger partial charge >= 0.3 is 0 Å². The molecule has 112 valence electrons. The average molecular weight is 300 g/mol. The first-order valence-corrected chi connectivity index (χ1v) is 8.08. The quantitative estimate of drug-likeness (QED) is 0.714. The molecule has 20 heavy (non-hydrogen) atoms. The minimum Gasteiger partial charge on any atom is -0.386 e. The van der Waals surface area contributed by atoms with Gasteiger partial charge in [-0.05, 0) is 12.1 Å². The number of aliphatic hydroxyl groups is 1. The van der Waals surface area contributed by atoms with Gasteiger partial charge in [0.2, 0.25) is 10.0 Å². The second-order valence-corrected chi connectivity index (χ2v) is 6.61. The zero-order valence-corrected chi connectivity index (χ0v) is 12.2. The maximum atomic E-state index is 12.1. The summed E-state index contributed by atoms with van der Waals surface area (Å²) in [6.07, 6.45) is 0.544. The van der Waals surface area contributed by atoms with E-state index in [1.54, 1.807) is 25.1 Å². The van der Waals surface area contributed by atoms with Crippen LogP contribution in [0.2, 0.25) is 0 Å². The van der Waals surface area contributed by atoms with Crippen molar-refractivity contribution in [3.63, 3.8) is 0 Å². The zero-order valence-electron chi connectivity index (χ0n) is 11.4. The molecular formula is C13H20N2O4S. The van der Waals surface area contributed by atoms with Crippen molar-refractivity contribution in [2.45, 2.75) is 23.8 Å². The fraction of sp³-hybridized carbons (Fsp3) is 0.538. The minimum atomic E-state index is -3.53. The normalized spacial score (nSPS) is 22.9. The topological polar surface area (TPSA) is 87.7 Å². The van der Waals surface area contributed by atoms with Gasteiger partial charge in [-0.2, -0.15) is 0 Å².